The van der Waals surface area contributed by atoms with E-state index in [2.05, 4.69) is 20.3 Å². The fourth-order valence-electron chi connectivity index (χ4n) is 3.46. The van der Waals surface area contributed by atoms with Crippen LogP contribution in [0.5, 0.6) is 0 Å². The fourth-order valence-corrected chi connectivity index (χ4v) is 3.46. The topological polar surface area (TPSA) is 100 Å². The number of anilines is 1. The molecule has 2 amide bonds. The van der Waals surface area contributed by atoms with Crippen LogP contribution in [0.4, 0.5) is 14.9 Å². The number of aromatic amines is 1. The fraction of sp³-hybridized carbons (Fsp3) is 0.200. The lowest BCUT2D eigenvalue weighted by Gasteiger charge is -2.35. The van der Waals surface area contributed by atoms with Crippen molar-refractivity contribution in [2.75, 3.05) is 19.0 Å². The number of methoxy groups -OCH3 is 1. The maximum absolute atomic E-state index is 13.6. The first-order valence-corrected chi connectivity index (χ1v) is 8.96. The van der Waals surface area contributed by atoms with Crippen LogP contribution < -0.4 is 5.32 Å². The van der Waals surface area contributed by atoms with Crippen LogP contribution in [-0.4, -0.2) is 45.5 Å². The molecule has 8 nitrogen and oxygen atoms in total. The molecule has 3 aromatic rings. The van der Waals surface area contributed by atoms with Crippen molar-refractivity contribution in [2.24, 2.45) is 0 Å². The number of carbonyl (C=O) groups excluding carboxylic acids is 2. The van der Waals surface area contributed by atoms with Gasteiger partial charge in [0.1, 0.15) is 11.9 Å². The van der Waals surface area contributed by atoms with Crippen LogP contribution in [0.1, 0.15) is 33.4 Å². The third kappa shape index (κ3) is 3.54. The van der Waals surface area contributed by atoms with E-state index in [0.717, 1.165) is 23.0 Å². The molecule has 1 unspecified atom stereocenters. The van der Waals surface area contributed by atoms with Gasteiger partial charge in [-0.1, -0.05) is 6.07 Å². The van der Waals surface area contributed by atoms with E-state index in [0.29, 0.717) is 13.0 Å². The standard InChI is InChI=1S/C20H18FN5O3/c1-29-19(27)14-9-13(21)4-5-15(14)25-20(28)26-8-6-16-17(24-11-23-16)18(26)12-3-2-7-22-10-12/h2-5,7,9-11,18H,6,8H2,1H3,(H,23,24)(H,25,28). The first-order chi connectivity index (χ1) is 14.1. The lowest BCUT2D eigenvalue weighted by molar-refractivity contribution is 0.0601. The van der Waals surface area contributed by atoms with Crippen LogP contribution in [0.25, 0.3) is 0 Å². The number of nitrogens with zero attached hydrogens (tertiary/aromatic N) is 3. The van der Waals surface area contributed by atoms with Crippen molar-refractivity contribution < 1.29 is 18.7 Å². The molecule has 148 valence electrons. The molecule has 3 heterocycles. The average Bonchev–Trinajstić information content (AvgIpc) is 3.23. The lowest BCUT2D eigenvalue weighted by atomic mass is 9.97. The number of esters is 1. The van der Waals surface area contributed by atoms with Gasteiger partial charge in [-0.05, 0) is 29.8 Å². The summed E-state index contributed by atoms with van der Waals surface area (Å²) >= 11 is 0. The van der Waals surface area contributed by atoms with Gasteiger partial charge in [0.05, 0.1) is 30.4 Å². The van der Waals surface area contributed by atoms with Gasteiger partial charge in [-0.3, -0.25) is 4.98 Å². The van der Waals surface area contributed by atoms with Crippen molar-refractivity contribution in [1.29, 1.82) is 0 Å². The molecule has 1 aliphatic heterocycles. The minimum Gasteiger partial charge on any atom is -0.465 e. The number of nitrogens with one attached hydrogen (secondary N) is 2. The van der Waals surface area contributed by atoms with Crippen molar-refractivity contribution in [3.8, 4) is 0 Å². The molecule has 2 aromatic heterocycles. The van der Waals surface area contributed by atoms with E-state index < -0.39 is 23.9 Å². The summed E-state index contributed by atoms with van der Waals surface area (Å²) in [6.07, 6.45) is 5.55. The van der Waals surface area contributed by atoms with Crippen molar-refractivity contribution in [3.05, 3.63) is 77.4 Å². The van der Waals surface area contributed by atoms with Gasteiger partial charge in [0.25, 0.3) is 0 Å². The summed E-state index contributed by atoms with van der Waals surface area (Å²) < 4.78 is 18.3. The molecular formula is C20H18FN5O3. The predicted octanol–water partition coefficient (Wildman–Crippen LogP) is 2.91. The minimum atomic E-state index is -0.739. The first-order valence-electron chi connectivity index (χ1n) is 8.96. The number of amides is 2. The molecule has 4 rings (SSSR count). The number of benzene rings is 1. The Morgan fingerprint density at radius 1 is 1.34 bits per heavy atom. The monoisotopic (exact) mass is 395 g/mol. The predicted molar refractivity (Wildman–Crippen MR) is 102 cm³/mol. The normalized spacial score (nSPS) is 15.5. The summed E-state index contributed by atoms with van der Waals surface area (Å²) in [4.78, 5) is 38.4. The SMILES string of the molecule is COC(=O)c1cc(F)ccc1NC(=O)N1CCc2[nH]cnc2C1c1cccnc1. The summed E-state index contributed by atoms with van der Waals surface area (Å²) in [7, 11) is 1.20. The van der Waals surface area contributed by atoms with Gasteiger partial charge in [-0.2, -0.15) is 0 Å². The quantitative estimate of drug-likeness (QED) is 0.664. The van der Waals surface area contributed by atoms with E-state index in [1.165, 1.54) is 19.2 Å². The number of ether oxygens (including phenoxy) is 1. The Balaban J connectivity index is 1.67. The van der Waals surface area contributed by atoms with Crippen LogP contribution in [0, 0.1) is 5.82 Å². The van der Waals surface area contributed by atoms with Gasteiger partial charge in [-0.25, -0.2) is 19.0 Å². The maximum Gasteiger partial charge on any atom is 0.340 e. The van der Waals surface area contributed by atoms with Crippen molar-refractivity contribution in [2.45, 2.75) is 12.5 Å². The second kappa shape index (κ2) is 7.70. The Morgan fingerprint density at radius 3 is 2.97 bits per heavy atom. The van der Waals surface area contributed by atoms with Crippen LogP contribution in [-0.2, 0) is 11.2 Å². The largest absolute Gasteiger partial charge is 0.465 e. The Labute approximate surface area is 165 Å². The Morgan fingerprint density at radius 2 is 2.21 bits per heavy atom. The number of hydrogen-bond acceptors (Lipinski definition) is 5. The van der Waals surface area contributed by atoms with E-state index >= 15 is 0 Å². The number of carbonyl (C=O) groups is 2. The van der Waals surface area contributed by atoms with Crippen LogP contribution in [0.2, 0.25) is 0 Å². The molecular weight excluding hydrogens is 377 g/mol. The second-order valence-electron chi connectivity index (χ2n) is 6.51. The molecule has 9 heteroatoms. The van der Waals surface area contributed by atoms with Gasteiger partial charge >= 0.3 is 12.0 Å². The van der Waals surface area contributed by atoms with Gasteiger partial charge < -0.3 is 19.9 Å². The van der Waals surface area contributed by atoms with Gasteiger partial charge in [0.15, 0.2) is 0 Å². The number of rotatable bonds is 3. The van der Waals surface area contributed by atoms with E-state index in [4.69, 9.17) is 4.74 Å². The third-order valence-corrected chi connectivity index (χ3v) is 4.81. The van der Waals surface area contributed by atoms with E-state index in [-0.39, 0.29) is 11.3 Å². The zero-order valence-electron chi connectivity index (χ0n) is 15.6. The highest BCUT2D eigenvalue weighted by molar-refractivity contribution is 6.01. The highest BCUT2D eigenvalue weighted by Crippen LogP contribution is 2.33. The number of halogens is 1. The maximum atomic E-state index is 13.6. The third-order valence-electron chi connectivity index (χ3n) is 4.81. The molecule has 2 N–H and O–H groups in total. The zero-order chi connectivity index (χ0) is 20.4. The van der Waals surface area contributed by atoms with Crippen LogP contribution >= 0.6 is 0 Å². The summed E-state index contributed by atoms with van der Waals surface area (Å²) in [6, 6.07) is 6.32. The van der Waals surface area contributed by atoms with E-state index in [1.54, 1.807) is 29.7 Å². The first kappa shape index (κ1) is 18.6. The number of pyridine rings is 1. The molecule has 0 fully saturated rings. The summed E-state index contributed by atoms with van der Waals surface area (Å²) in [5.74, 6) is -1.34. The Bertz CT molecular complexity index is 1050. The van der Waals surface area contributed by atoms with Gasteiger partial charge in [-0.15, -0.1) is 0 Å². The number of H-pyrrole nitrogens is 1. The number of hydrogen-bond donors (Lipinski definition) is 2. The van der Waals surface area contributed by atoms with Crippen molar-refractivity contribution in [1.82, 2.24) is 19.9 Å². The molecule has 0 bridgehead atoms. The molecule has 1 aliphatic rings. The highest BCUT2D eigenvalue weighted by atomic mass is 19.1. The molecule has 0 radical (unpaired) electrons. The molecule has 29 heavy (non-hydrogen) atoms. The zero-order valence-corrected chi connectivity index (χ0v) is 15.6. The summed E-state index contributed by atoms with van der Waals surface area (Å²) in [6.45, 7) is 0.426. The second-order valence-corrected chi connectivity index (χ2v) is 6.51. The number of aromatic nitrogens is 3. The number of urea groups is 1. The lowest BCUT2D eigenvalue weighted by Crippen LogP contribution is -2.43. The number of imidazole rings is 1. The van der Waals surface area contributed by atoms with Crippen LogP contribution in [0.3, 0.4) is 0 Å². The average molecular weight is 395 g/mol. The molecule has 0 aliphatic carbocycles. The molecule has 0 saturated heterocycles. The minimum absolute atomic E-state index is 0.0590. The number of fused-ring (bicyclic) bond motifs is 1. The Kier molecular flexibility index (Phi) is 4.94. The smallest absolute Gasteiger partial charge is 0.340 e. The molecule has 1 aromatic carbocycles. The summed E-state index contributed by atoms with van der Waals surface area (Å²) in [5, 5.41) is 2.71. The summed E-state index contributed by atoms with van der Waals surface area (Å²) in [5.41, 5.74) is 2.62. The Hall–Kier alpha value is -3.75. The molecule has 0 spiro atoms. The van der Waals surface area contributed by atoms with Crippen LogP contribution in [0.15, 0.2) is 49.1 Å². The van der Waals surface area contributed by atoms with Crippen molar-refractivity contribution >= 4 is 17.7 Å². The highest BCUT2D eigenvalue weighted by Gasteiger charge is 2.34. The van der Waals surface area contributed by atoms with E-state index in [1.807, 2.05) is 6.07 Å². The van der Waals surface area contributed by atoms with Gasteiger partial charge in [0, 0.05) is 31.1 Å². The van der Waals surface area contributed by atoms with E-state index in [9.17, 15) is 14.0 Å². The molecule has 1 atom stereocenters. The molecule has 0 saturated carbocycles. The van der Waals surface area contributed by atoms with Crippen molar-refractivity contribution in [3.63, 3.8) is 0 Å². The van der Waals surface area contributed by atoms with Gasteiger partial charge in [0.2, 0.25) is 0 Å².